The van der Waals surface area contributed by atoms with E-state index in [9.17, 15) is 14.4 Å². The second-order valence-corrected chi connectivity index (χ2v) is 6.82. The van der Waals surface area contributed by atoms with Crippen LogP contribution in [0.2, 0.25) is 0 Å². The van der Waals surface area contributed by atoms with Crippen molar-refractivity contribution < 1.29 is 23.9 Å². The van der Waals surface area contributed by atoms with E-state index in [0.29, 0.717) is 6.42 Å². The van der Waals surface area contributed by atoms with E-state index in [1.54, 1.807) is 0 Å². The molecule has 0 spiro atoms. The van der Waals surface area contributed by atoms with Gasteiger partial charge in [-0.25, -0.2) is 4.79 Å². The van der Waals surface area contributed by atoms with E-state index < -0.39 is 6.09 Å². The van der Waals surface area contributed by atoms with Gasteiger partial charge in [-0.05, 0) is 31.2 Å². The number of rotatable bonds is 6. The monoisotopic (exact) mass is 360 g/mol. The van der Waals surface area contributed by atoms with E-state index in [0.717, 1.165) is 24.8 Å². The minimum Gasteiger partial charge on any atom is -0.469 e. The van der Waals surface area contributed by atoms with Crippen LogP contribution in [0.5, 0.6) is 0 Å². The molecule has 2 aliphatic rings. The Morgan fingerprint density at radius 2 is 1.62 bits per heavy atom. The van der Waals surface area contributed by atoms with Crippen LogP contribution in [0, 0.1) is 11.8 Å². The number of esters is 1. The molecule has 0 heterocycles. The van der Waals surface area contributed by atoms with E-state index in [1.165, 1.54) is 7.11 Å². The smallest absolute Gasteiger partial charge is 0.407 e. The van der Waals surface area contributed by atoms with Gasteiger partial charge in [-0.3, -0.25) is 9.59 Å². The second-order valence-electron chi connectivity index (χ2n) is 6.82. The molecule has 0 aromatic heterocycles. The second kappa shape index (κ2) is 8.21. The van der Waals surface area contributed by atoms with Gasteiger partial charge >= 0.3 is 12.1 Å². The summed E-state index contributed by atoms with van der Waals surface area (Å²) in [4.78, 5) is 35.9. The molecule has 0 bridgehead atoms. The summed E-state index contributed by atoms with van der Waals surface area (Å²) >= 11 is 0. The van der Waals surface area contributed by atoms with E-state index in [2.05, 4.69) is 10.6 Å². The van der Waals surface area contributed by atoms with Crippen LogP contribution >= 0.6 is 0 Å². The van der Waals surface area contributed by atoms with Crippen LogP contribution < -0.4 is 10.6 Å². The summed E-state index contributed by atoms with van der Waals surface area (Å²) in [6.07, 6.45) is 2.44. The average molecular weight is 360 g/mol. The Kier molecular flexibility index (Phi) is 5.75. The zero-order chi connectivity index (χ0) is 18.5. The predicted molar refractivity (Wildman–Crippen MR) is 92.9 cm³/mol. The topological polar surface area (TPSA) is 93.7 Å². The van der Waals surface area contributed by atoms with Crippen molar-refractivity contribution in [2.24, 2.45) is 11.8 Å². The van der Waals surface area contributed by atoms with Crippen molar-refractivity contribution >= 4 is 18.0 Å². The highest BCUT2D eigenvalue weighted by atomic mass is 16.5. The number of carbonyl (C=O) groups is 3. The number of methoxy groups -OCH3 is 1. The highest BCUT2D eigenvalue weighted by Gasteiger charge is 2.43. The van der Waals surface area contributed by atoms with Gasteiger partial charge in [0.25, 0.3) is 0 Å². The van der Waals surface area contributed by atoms with Crippen LogP contribution in [0.1, 0.15) is 31.2 Å². The fourth-order valence-corrected chi connectivity index (χ4v) is 3.30. The molecule has 7 nitrogen and oxygen atoms in total. The molecule has 2 fully saturated rings. The van der Waals surface area contributed by atoms with Crippen LogP contribution in [0.15, 0.2) is 30.3 Å². The molecular weight excluding hydrogens is 336 g/mol. The molecule has 1 aromatic carbocycles. The van der Waals surface area contributed by atoms with Gasteiger partial charge in [-0.2, -0.15) is 0 Å². The number of hydrogen-bond donors (Lipinski definition) is 2. The highest BCUT2D eigenvalue weighted by Crippen LogP contribution is 2.32. The summed E-state index contributed by atoms with van der Waals surface area (Å²) < 4.78 is 9.94. The number of amides is 2. The Morgan fingerprint density at radius 3 is 2.19 bits per heavy atom. The molecule has 140 valence electrons. The third-order valence-corrected chi connectivity index (χ3v) is 5.23. The molecule has 0 saturated heterocycles. The normalized spacial score (nSPS) is 26.7. The van der Waals surface area contributed by atoms with Crippen LogP contribution in [0.3, 0.4) is 0 Å². The van der Waals surface area contributed by atoms with Crippen LogP contribution in [0.4, 0.5) is 4.79 Å². The Hall–Kier alpha value is -2.57. The zero-order valence-corrected chi connectivity index (χ0v) is 14.8. The molecule has 26 heavy (non-hydrogen) atoms. The SMILES string of the molecule is COC(=O)[C@H]1CC[C@H]1NC(=O)[C@H]1CC[C@H]1NC(=O)OCc1ccccc1. The van der Waals surface area contributed by atoms with Crippen molar-refractivity contribution in [1.82, 2.24) is 10.6 Å². The van der Waals surface area contributed by atoms with Crippen molar-refractivity contribution in [3.63, 3.8) is 0 Å². The lowest BCUT2D eigenvalue weighted by atomic mass is 9.76. The maximum absolute atomic E-state index is 12.4. The summed E-state index contributed by atoms with van der Waals surface area (Å²) in [6, 6.07) is 9.02. The lowest BCUT2D eigenvalue weighted by Gasteiger charge is -2.40. The van der Waals surface area contributed by atoms with Gasteiger partial charge in [0.05, 0.1) is 18.9 Å². The molecule has 4 atom stereocenters. The predicted octanol–water partition coefficient (Wildman–Crippen LogP) is 1.76. The number of ether oxygens (including phenoxy) is 2. The lowest BCUT2D eigenvalue weighted by Crippen LogP contribution is -2.57. The molecule has 7 heteroatoms. The summed E-state index contributed by atoms with van der Waals surface area (Å²) in [6.45, 7) is 0.194. The number of benzene rings is 1. The summed E-state index contributed by atoms with van der Waals surface area (Å²) in [5, 5.41) is 5.67. The molecule has 2 amide bonds. The number of alkyl carbamates (subject to hydrolysis) is 1. The standard InChI is InChI=1S/C19H24N2O5/c1-25-18(23)14-8-10-16(14)20-17(22)13-7-9-15(13)21-19(24)26-11-12-5-3-2-4-6-12/h2-6,13-16H,7-11H2,1H3,(H,20,22)(H,21,24)/t13-,14-,15+,16+/m0/s1. The Labute approximate surface area is 152 Å². The van der Waals surface area contributed by atoms with Crippen molar-refractivity contribution in [3.8, 4) is 0 Å². The number of nitrogens with one attached hydrogen (secondary N) is 2. The van der Waals surface area contributed by atoms with Crippen molar-refractivity contribution in [2.45, 2.75) is 44.4 Å². The first kappa shape index (κ1) is 18.2. The first-order valence-corrected chi connectivity index (χ1v) is 8.94. The highest BCUT2D eigenvalue weighted by molar-refractivity contribution is 5.83. The first-order chi connectivity index (χ1) is 12.6. The molecule has 0 radical (unpaired) electrons. The first-order valence-electron chi connectivity index (χ1n) is 8.94. The quantitative estimate of drug-likeness (QED) is 0.754. The average Bonchev–Trinajstić information content (AvgIpc) is 2.61. The molecule has 0 aliphatic heterocycles. The van der Waals surface area contributed by atoms with Crippen molar-refractivity contribution in [3.05, 3.63) is 35.9 Å². The van der Waals surface area contributed by atoms with E-state index in [4.69, 9.17) is 9.47 Å². The Bertz CT molecular complexity index is 663. The van der Waals surface area contributed by atoms with Gasteiger partial charge in [0.1, 0.15) is 6.61 Å². The van der Waals surface area contributed by atoms with E-state index >= 15 is 0 Å². The summed E-state index contributed by atoms with van der Waals surface area (Å²) in [7, 11) is 1.35. The molecule has 3 rings (SSSR count). The lowest BCUT2D eigenvalue weighted by molar-refractivity contribution is -0.150. The van der Waals surface area contributed by atoms with Gasteiger partial charge in [-0.1, -0.05) is 30.3 Å². The van der Waals surface area contributed by atoms with Crippen molar-refractivity contribution in [2.75, 3.05) is 7.11 Å². The maximum Gasteiger partial charge on any atom is 0.407 e. The van der Waals surface area contributed by atoms with Crippen LogP contribution in [0.25, 0.3) is 0 Å². The van der Waals surface area contributed by atoms with Gasteiger partial charge in [-0.15, -0.1) is 0 Å². The maximum atomic E-state index is 12.4. The zero-order valence-electron chi connectivity index (χ0n) is 14.8. The van der Waals surface area contributed by atoms with Crippen LogP contribution in [-0.2, 0) is 25.7 Å². The Morgan fingerprint density at radius 1 is 0.962 bits per heavy atom. The fourth-order valence-electron chi connectivity index (χ4n) is 3.30. The molecule has 0 unspecified atom stereocenters. The molecule has 1 aromatic rings. The minimum atomic E-state index is -0.521. The Balaban J connectivity index is 1.42. The molecule has 2 N–H and O–H groups in total. The molecular formula is C19H24N2O5. The van der Waals surface area contributed by atoms with E-state index in [-0.39, 0.29) is 42.4 Å². The minimum absolute atomic E-state index is 0.122. The third-order valence-electron chi connectivity index (χ3n) is 5.23. The largest absolute Gasteiger partial charge is 0.469 e. The number of hydrogen-bond acceptors (Lipinski definition) is 5. The van der Waals surface area contributed by atoms with Gasteiger partial charge < -0.3 is 20.1 Å². The fraction of sp³-hybridized carbons (Fsp3) is 0.526. The van der Waals surface area contributed by atoms with Crippen molar-refractivity contribution in [1.29, 1.82) is 0 Å². The summed E-state index contributed by atoms with van der Waals surface area (Å²) in [5.74, 6) is -0.943. The van der Waals surface area contributed by atoms with E-state index in [1.807, 2.05) is 30.3 Å². The molecule has 2 saturated carbocycles. The van der Waals surface area contributed by atoms with Crippen LogP contribution in [-0.4, -0.2) is 37.2 Å². The number of carbonyl (C=O) groups excluding carboxylic acids is 3. The third kappa shape index (κ3) is 4.15. The summed E-state index contributed by atoms with van der Waals surface area (Å²) in [5.41, 5.74) is 0.907. The van der Waals surface area contributed by atoms with Gasteiger partial charge in [0.15, 0.2) is 0 Å². The molecule has 2 aliphatic carbocycles. The van der Waals surface area contributed by atoms with Gasteiger partial charge in [0, 0.05) is 12.1 Å². The van der Waals surface area contributed by atoms with Gasteiger partial charge in [0.2, 0.25) is 5.91 Å².